The Kier molecular flexibility index (Phi) is 3.78. The van der Waals surface area contributed by atoms with Crippen molar-refractivity contribution in [2.75, 3.05) is 6.26 Å². The van der Waals surface area contributed by atoms with Gasteiger partial charge >= 0.3 is 0 Å². The molecule has 13 heavy (non-hydrogen) atoms. The molecule has 0 saturated carbocycles. The van der Waals surface area contributed by atoms with Crippen molar-refractivity contribution < 1.29 is 5.11 Å². The lowest BCUT2D eigenvalue weighted by Crippen LogP contribution is -2.22. The average Bonchev–Trinajstić information content (AvgIpc) is 2.17. The number of thioether (sulfide) groups is 1. The highest BCUT2D eigenvalue weighted by Gasteiger charge is 2.10. The Bertz CT molecular complexity index is 258. The van der Waals surface area contributed by atoms with Gasteiger partial charge < -0.3 is 10.8 Å². The number of hydrogen-bond acceptors (Lipinski definition) is 3. The molecule has 1 rings (SSSR count). The maximum absolute atomic E-state index is 9.27. The summed E-state index contributed by atoms with van der Waals surface area (Å²) in [5.74, 6) is 0. The van der Waals surface area contributed by atoms with E-state index in [0.29, 0.717) is 0 Å². The zero-order valence-electron chi connectivity index (χ0n) is 7.90. The third-order valence-corrected chi connectivity index (χ3v) is 2.76. The van der Waals surface area contributed by atoms with Crippen LogP contribution < -0.4 is 5.73 Å². The van der Waals surface area contributed by atoms with Crippen LogP contribution >= 0.6 is 11.8 Å². The van der Waals surface area contributed by atoms with Crippen LogP contribution in [0.15, 0.2) is 29.2 Å². The van der Waals surface area contributed by atoms with Crippen LogP contribution in [0.4, 0.5) is 0 Å². The molecule has 1 aromatic carbocycles. The second-order valence-corrected chi connectivity index (χ2v) is 3.92. The first-order chi connectivity index (χ1) is 6.15. The smallest absolute Gasteiger partial charge is 0.0704 e. The highest BCUT2D eigenvalue weighted by Crippen LogP contribution is 2.19. The molecule has 0 fully saturated rings. The van der Waals surface area contributed by atoms with E-state index in [1.807, 2.05) is 30.5 Å². The summed E-state index contributed by atoms with van der Waals surface area (Å²) < 4.78 is 0. The highest BCUT2D eigenvalue weighted by atomic mass is 32.2. The second-order valence-electron chi connectivity index (χ2n) is 3.04. The van der Waals surface area contributed by atoms with E-state index >= 15 is 0 Å². The predicted molar refractivity (Wildman–Crippen MR) is 56.8 cm³/mol. The fraction of sp³-hybridized carbons (Fsp3) is 0.400. The molecule has 0 saturated heterocycles. The lowest BCUT2D eigenvalue weighted by molar-refractivity contribution is 0.164. The molecule has 0 spiro atoms. The Hall–Kier alpha value is -0.510. The Morgan fingerprint density at radius 3 is 2.23 bits per heavy atom. The molecule has 0 aliphatic rings. The van der Waals surface area contributed by atoms with Crippen molar-refractivity contribution in [3.63, 3.8) is 0 Å². The zero-order valence-corrected chi connectivity index (χ0v) is 8.71. The van der Waals surface area contributed by atoms with Gasteiger partial charge in [0, 0.05) is 4.90 Å². The standard InChI is InChI=1S/C10H15NOS/c1-7(12)10(11)8-3-5-9(13-2)6-4-8/h3-7,10,12H,11H2,1-2H3/t7-,10+/m0/s1. The Morgan fingerprint density at radius 2 is 1.85 bits per heavy atom. The van der Waals surface area contributed by atoms with Crippen molar-refractivity contribution >= 4 is 11.8 Å². The first kappa shape index (κ1) is 10.6. The number of nitrogens with two attached hydrogens (primary N) is 1. The van der Waals surface area contributed by atoms with Crippen LogP contribution in [-0.2, 0) is 0 Å². The summed E-state index contributed by atoms with van der Waals surface area (Å²) >= 11 is 1.69. The van der Waals surface area contributed by atoms with E-state index in [1.165, 1.54) is 4.90 Å². The van der Waals surface area contributed by atoms with E-state index in [0.717, 1.165) is 5.56 Å². The van der Waals surface area contributed by atoms with Gasteiger partial charge in [0.2, 0.25) is 0 Å². The molecule has 0 aliphatic heterocycles. The molecule has 0 amide bonds. The fourth-order valence-corrected chi connectivity index (χ4v) is 1.51. The molecule has 72 valence electrons. The molecule has 2 nitrogen and oxygen atoms in total. The van der Waals surface area contributed by atoms with Crippen molar-refractivity contribution in [3.05, 3.63) is 29.8 Å². The molecule has 0 bridgehead atoms. The molecule has 3 heteroatoms. The summed E-state index contributed by atoms with van der Waals surface area (Å²) in [4.78, 5) is 1.21. The third kappa shape index (κ3) is 2.72. The first-order valence-electron chi connectivity index (χ1n) is 4.22. The number of rotatable bonds is 3. The predicted octanol–water partition coefficient (Wildman–Crippen LogP) is 1.79. The molecular weight excluding hydrogens is 182 g/mol. The van der Waals surface area contributed by atoms with Gasteiger partial charge in [-0.3, -0.25) is 0 Å². The van der Waals surface area contributed by atoms with Crippen LogP contribution in [0.5, 0.6) is 0 Å². The molecule has 2 atom stereocenters. The number of hydrogen-bond donors (Lipinski definition) is 2. The van der Waals surface area contributed by atoms with E-state index in [1.54, 1.807) is 18.7 Å². The summed E-state index contributed by atoms with van der Waals surface area (Å²) in [6.45, 7) is 1.70. The Morgan fingerprint density at radius 1 is 1.31 bits per heavy atom. The third-order valence-electron chi connectivity index (χ3n) is 2.02. The van der Waals surface area contributed by atoms with Crippen LogP contribution in [0, 0.1) is 0 Å². The van der Waals surface area contributed by atoms with Gasteiger partial charge in [0.05, 0.1) is 12.1 Å². The lowest BCUT2D eigenvalue weighted by Gasteiger charge is -2.14. The fourth-order valence-electron chi connectivity index (χ4n) is 1.10. The van der Waals surface area contributed by atoms with E-state index in [2.05, 4.69) is 0 Å². The minimum atomic E-state index is -0.500. The Labute approximate surface area is 83.1 Å². The molecule has 0 radical (unpaired) electrons. The van der Waals surface area contributed by atoms with Crippen molar-refractivity contribution in [2.24, 2.45) is 5.73 Å². The van der Waals surface area contributed by atoms with Gasteiger partial charge in [0.25, 0.3) is 0 Å². The first-order valence-corrected chi connectivity index (χ1v) is 5.45. The van der Waals surface area contributed by atoms with Gasteiger partial charge in [0.15, 0.2) is 0 Å². The van der Waals surface area contributed by atoms with Gasteiger partial charge in [0.1, 0.15) is 0 Å². The molecule has 0 aromatic heterocycles. The second kappa shape index (κ2) is 4.65. The molecular formula is C10H15NOS. The maximum atomic E-state index is 9.27. The lowest BCUT2D eigenvalue weighted by atomic mass is 10.0. The molecule has 0 aliphatic carbocycles. The van der Waals surface area contributed by atoms with Crippen molar-refractivity contribution in [1.29, 1.82) is 0 Å². The van der Waals surface area contributed by atoms with Gasteiger partial charge in [-0.25, -0.2) is 0 Å². The SMILES string of the molecule is CSc1ccc([C@H](N)[C@H](C)O)cc1. The minimum Gasteiger partial charge on any atom is -0.391 e. The quantitative estimate of drug-likeness (QED) is 0.726. The van der Waals surface area contributed by atoms with E-state index in [4.69, 9.17) is 5.73 Å². The van der Waals surface area contributed by atoms with E-state index in [9.17, 15) is 5.11 Å². The van der Waals surface area contributed by atoms with Crippen LogP contribution in [0.1, 0.15) is 18.5 Å². The topological polar surface area (TPSA) is 46.2 Å². The van der Waals surface area contributed by atoms with Crippen LogP contribution in [0.25, 0.3) is 0 Å². The molecule has 0 heterocycles. The summed E-state index contributed by atoms with van der Waals surface area (Å²) in [6, 6.07) is 7.67. The van der Waals surface area contributed by atoms with Gasteiger partial charge in [-0.1, -0.05) is 12.1 Å². The summed E-state index contributed by atoms with van der Waals surface area (Å²) in [5, 5.41) is 9.27. The number of aliphatic hydroxyl groups excluding tert-OH is 1. The van der Waals surface area contributed by atoms with Crippen LogP contribution in [0.2, 0.25) is 0 Å². The van der Waals surface area contributed by atoms with Gasteiger partial charge in [-0.15, -0.1) is 11.8 Å². The largest absolute Gasteiger partial charge is 0.391 e. The maximum Gasteiger partial charge on any atom is 0.0704 e. The zero-order chi connectivity index (χ0) is 9.84. The summed E-state index contributed by atoms with van der Waals surface area (Å²) in [7, 11) is 0. The average molecular weight is 197 g/mol. The van der Waals surface area contributed by atoms with Crippen LogP contribution in [-0.4, -0.2) is 17.5 Å². The monoisotopic (exact) mass is 197 g/mol. The van der Waals surface area contributed by atoms with Gasteiger partial charge in [-0.05, 0) is 30.9 Å². The van der Waals surface area contributed by atoms with Crippen molar-refractivity contribution in [3.8, 4) is 0 Å². The van der Waals surface area contributed by atoms with E-state index < -0.39 is 6.10 Å². The van der Waals surface area contributed by atoms with Gasteiger partial charge in [-0.2, -0.15) is 0 Å². The summed E-state index contributed by atoms with van der Waals surface area (Å²) in [5.41, 5.74) is 6.75. The molecule has 1 aromatic rings. The van der Waals surface area contributed by atoms with E-state index in [-0.39, 0.29) is 6.04 Å². The molecule has 0 unspecified atom stereocenters. The number of aliphatic hydroxyl groups is 1. The Balaban J connectivity index is 2.79. The van der Waals surface area contributed by atoms with Crippen LogP contribution in [0.3, 0.4) is 0 Å². The highest BCUT2D eigenvalue weighted by molar-refractivity contribution is 7.98. The summed E-state index contributed by atoms with van der Waals surface area (Å²) in [6.07, 6.45) is 1.53. The minimum absolute atomic E-state index is 0.282. The van der Waals surface area contributed by atoms with Crippen molar-refractivity contribution in [2.45, 2.75) is 24.0 Å². The number of benzene rings is 1. The molecule has 3 N–H and O–H groups in total. The van der Waals surface area contributed by atoms with Crippen molar-refractivity contribution in [1.82, 2.24) is 0 Å². The normalized spacial score (nSPS) is 15.4.